The molecule has 0 unspecified atom stereocenters. The van der Waals surface area contributed by atoms with Crippen molar-refractivity contribution in [3.63, 3.8) is 0 Å². The van der Waals surface area contributed by atoms with Crippen LogP contribution < -0.4 is 21.2 Å². The molecule has 2 fully saturated rings. The van der Waals surface area contributed by atoms with Crippen LogP contribution in [0.25, 0.3) is 21.5 Å². The Bertz CT molecular complexity index is 1640. The molecule has 0 spiro atoms. The number of rotatable bonds is 6. The van der Waals surface area contributed by atoms with E-state index in [2.05, 4.69) is 133 Å². The van der Waals surface area contributed by atoms with Crippen LogP contribution in [-0.4, -0.2) is 11.3 Å². The van der Waals surface area contributed by atoms with E-state index >= 15 is 0 Å². The number of fused-ring (bicyclic) bond motifs is 2. The molecule has 8 rings (SSSR count). The summed E-state index contributed by atoms with van der Waals surface area (Å²) >= 11 is -0.556. The summed E-state index contributed by atoms with van der Waals surface area (Å²) in [6.45, 7) is 0. The average Bonchev–Trinajstić information content (AvgIpc) is 3.75. The quantitative estimate of drug-likeness (QED) is 0.0910. The molecule has 6 aromatic rings. The van der Waals surface area contributed by atoms with Gasteiger partial charge in [0.2, 0.25) is 0 Å². The van der Waals surface area contributed by atoms with E-state index in [9.17, 15) is 0 Å². The number of benzene rings is 4. The number of hydrogen-bond acceptors (Lipinski definition) is 0. The third-order valence-electron chi connectivity index (χ3n) is 9.73. The van der Waals surface area contributed by atoms with E-state index in [4.69, 9.17) is 18.6 Å². The second kappa shape index (κ2) is 18.3. The van der Waals surface area contributed by atoms with Gasteiger partial charge in [0, 0.05) is 0 Å². The molecule has 6 aromatic carbocycles. The second-order valence-corrected chi connectivity index (χ2v) is 20.3. The molecular weight excluding hydrogens is 685 g/mol. The fraction of sp³-hybridized carbons (Fsp3) is 0.286. The van der Waals surface area contributed by atoms with E-state index in [-0.39, 0.29) is 7.92 Å². The first-order valence-corrected chi connectivity index (χ1v) is 24.3. The van der Waals surface area contributed by atoms with Gasteiger partial charge >= 0.3 is 35.6 Å². The molecule has 47 heavy (non-hydrogen) atoms. The SMILES string of the molecule is [Cl][Ti][Cl].c1ccc(P(c2ccccc2)c2cc3ccccc3[cH-]2)cc1.c1ccc2[cH-]c(P(C3CCCCC3)C3CCCCC3)cc2c1. The van der Waals surface area contributed by atoms with Crippen LogP contribution in [0.3, 0.4) is 0 Å². The van der Waals surface area contributed by atoms with Gasteiger partial charge < -0.3 is 0 Å². The van der Waals surface area contributed by atoms with Crippen molar-refractivity contribution < 1.29 is 17.0 Å². The summed E-state index contributed by atoms with van der Waals surface area (Å²) in [6, 6.07) is 49.1. The zero-order valence-electron chi connectivity index (χ0n) is 27.1. The summed E-state index contributed by atoms with van der Waals surface area (Å²) in [6.07, 6.45) is 14.9. The molecule has 0 N–H and O–H groups in total. The molecule has 0 radical (unpaired) electrons. The minimum absolute atomic E-state index is 0.0611. The molecule has 2 saturated carbocycles. The second-order valence-electron chi connectivity index (χ2n) is 12.8. The smallest absolute Gasteiger partial charge is 0.0166 e. The van der Waals surface area contributed by atoms with Gasteiger partial charge in [0.1, 0.15) is 0 Å². The van der Waals surface area contributed by atoms with Crippen molar-refractivity contribution >= 4 is 77.2 Å². The van der Waals surface area contributed by atoms with Crippen LogP contribution in [0.5, 0.6) is 0 Å². The van der Waals surface area contributed by atoms with E-state index in [1.54, 1.807) is 5.30 Å². The molecule has 0 atom stereocenters. The topological polar surface area (TPSA) is 0 Å². The normalized spacial score (nSPS) is 15.7. The predicted molar refractivity (Wildman–Crippen MR) is 210 cm³/mol. The first-order chi connectivity index (χ1) is 23.2. The third kappa shape index (κ3) is 9.28. The molecule has 242 valence electrons. The zero-order chi connectivity index (χ0) is 32.3. The Morgan fingerprint density at radius 1 is 0.489 bits per heavy atom. The van der Waals surface area contributed by atoms with Crippen LogP contribution in [0.15, 0.2) is 133 Å². The summed E-state index contributed by atoms with van der Waals surface area (Å²) in [5.74, 6) is 0. The first-order valence-electron chi connectivity index (χ1n) is 17.2. The fourth-order valence-corrected chi connectivity index (χ4v) is 13.8. The molecular formula is C42H44Cl2P2Ti-2. The molecule has 0 nitrogen and oxygen atoms in total. The van der Waals surface area contributed by atoms with Crippen LogP contribution in [0.1, 0.15) is 64.2 Å². The van der Waals surface area contributed by atoms with Gasteiger partial charge in [-0.15, -0.1) is 80.7 Å². The van der Waals surface area contributed by atoms with Gasteiger partial charge in [-0.25, -0.2) is 0 Å². The Labute approximate surface area is 301 Å². The van der Waals surface area contributed by atoms with Crippen molar-refractivity contribution in [2.75, 3.05) is 0 Å². The van der Waals surface area contributed by atoms with Crippen LogP contribution >= 0.6 is 34.5 Å². The number of hydrogen-bond donors (Lipinski definition) is 0. The molecule has 2 aliphatic rings. The largest absolute Gasteiger partial charge is 0.161 e. The third-order valence-corrected chi connectivity index (χ3v) is 15.6. The Hall–Kier alpha value is -1.75. The van der Waals surface area contributed by atoms with Crippen LogP contribution in [-0.2, 0) is 17.0 Å². The molecule has 0 saturated heterocycles. The van der Waals surface area contributed by atoms with E-state index in [1.807, 2.05) is 0 Å². The predicted octanol–water partition coefficient (Wildman–Crippen LogP) is 12.0. The maximum Gasteiger partial charge on any atom is -0.0166 e. The monoisotopic (exact) mass is 728 g/mol. The molecule has 0 bridgehead atoms. The first kappa shape index (κ1) is 35.1. The Morgan fingerprint density at radius 2 is 0.872 bits per heavy atom. The Morgan fingerprint density at radius 3 is 1.32 bits per heavy atom. The van der Waals surface area contributed by atoms with Gasteiger partial charge in [0.05, 0.1) is 0 Å². The van der Waals surface area contributed by atoms with Crippen molar-refractivity contribution in [2.24, 2.45) is 0 Å². The summed E-state index contributed by atoms with van der Waals surface area (Å²) in [7, 11) is 9.35. The summed E-state index contributed by atoms with van der Waals surface area (Å²) in [5.41, 5.74) is 2.03. The molecule has 5 heteroatoms. The van der Waals surface area contributed by atoms with Crippen LogP contribution in [0, 0.1) is 0 Å². The van der Waals surface area contributed by atoms with E-state index < -0.39 is 25.0 Å². The van der Waals surface area contributed by atoms with Crippen LogP contribution in [0.2, 0.25) is 0 Å². The number of halogens is 2. The van der Waals surface area contributed by atoms with E-state index in [0.717, 1.165) is 11.3 Å². The molecule has 0 aromatic heterocycles. The average molecular weight is 730 g/mol. The molecule has 0 aliphatic heterocycles. The maximum atomic E-state index is 4.89. The van der Waals surface area contributed by atoms with E-state index in [0.29, 0.717) is 0 Å². The van der Waals surface area contributed by atoms with Crippen LogP contribution in [0.4, 0.5) is 0 Å². The van der Waals surface area contributed by atoms with Gasteiger partial charge in [-0.2, -0.15) is 12.1 Å². The molecule has 0 heterocycles. The standard InChI is InChI=1S/C21H28P.C21H16P.2ClH.Ti/c2*1-3-11-19(12-4-1)22(20-13-5-2-6-14-20)21-15-17-9-7-8-10-18(17)16-21;;;/h7-10,15-16,19-20H,1-6,11-14H2;1-16H;2*1H;/q2*-1;;;+2/p-2. The molecule has 0 amide bonds. The summed E-state index contributed by atoms with van der Waals surface area (Å²) in [4.78, 5) is 0. The van der Waals surface area contributed by atoms with Gasteiger partial charge in [-0.05, 0) is 55.5 Å². The van der Waals surface area contributed by atoms with Gasteiger partial charge in [-0.3, -0.25) is 0 Å². The minimum Gasteiger partial charge on any atom is -0.161 e. The minimum atomic E-state index is -0.556. The fourth-order valence-electron chi connectivity index (χ4n) is 7.59. The van der Waals surface area contributed by atoms with Gasteiger partial charge in [0.15, 0.2) is 0 Å². The van der Waals surface area contributed by atoms with Gasteiger partial charge in [0.25, 0.3) is 0 Å². The van der Waals surface area contributed by atoms with Crippen molar-refractivity contribution in [3.05, 3.63) is 133 Å². The summed E-state index contributed by atoms with van der Waals surface area (Å²) < 4.78 is 0. The maximum absolute atomic E-state index is 4.89. The molecule has 2 aliphatic carbocycles. The van der Waals surface area contributed by atoms with E-state index in [1.165, 1.54) is 102 Å². The Kier molecular flexibility index (Phi) is 13.7. The van der Waals surface area contributed by atoms with Crippen molar-refractivity contribution in [2.45, 2.75) is 75.5 Å². The zero-order valence-corrected chi connectivity index (χ0v) is 31.9. The summed E-state index contributed by atoms with van der Waals surface area (Å²) in [5, 5.41) is 11.6. The van der Waals surface area contributed by atoms with Crippen molar-refractivity contribution in [1.29, 1.82) is 0 Å². The van der Waals surface area contributed by atoms with Crippen molar-refractivity contribution in [1.82, 2.24) is 0 Å². The Balaban J connectivity index is 0.000000152. The van der Waals surface area contributed by atoms with Gasteiger partial charge in [-0.1, -0.05) is 119 Å². The van der Waals surface area contributed by atoms with Crippen molar-refractivity contribution in [3.8, 4) is 0 Å².